The van der Waals surface area contributed by atoms with Crippen LogP contribution in [0, 0.1) is 0 Å². The molecule has 216 valence electrons. The zero-order valence-corrected chi connectivity index (χ0v) is 23.7. The van der Waals surface area contributed by atoms with Crippen LogP contribution in [0.5, 0.6) is 5.75 Å². The second-order valence-corrected chi connectivity index (χ2v) is 10.6. The number of pyridine rings is 1. The van der Waals surface area contributed by atoms with Crippen LogP contribution in [-0.4, -0.2) is 63.6 Å². The third-order valence-corrected chi connectivity index (χ3v) is 7.90. The molecule has 42 heavy (non-hydrogen) atoms. The molecule has 0 aliphatic carbocycles. The third-order valence-electron chi connectivity index (χ3n) is 7.90. The number of fused-ring (bicyclic) bond motifs is 2. The molecule has 1 atom stereocenters. The van der Waals surface area contributed by atoms with Crippen LogP contribution in [0.1, 0.15) is 30.6 Å². The molecule has 0 saturated carbocycles. The van der Waals surface area contributed by atoms with E-state index in [0.717, 1.165) is 63.6 Å². The fourth-order valence-corrected chi connectivity index (χ4v) is 5.80. The van der Waals surface area contributed by atoms with Crippen LogP contribution >= 0.6 is 0 Å². The third kappa shape index (κ3) is 5.66. The first-order valence-electron chi connectivity index (χ1n) is 14.4. The molecule has 0 bridgehead atoms. The predicted molar refractivity (Wildman–Crippen MR) is 163 cm³/mol. The maximum Gasteiger partial charge on any atom is 0.310 e. The number of ether oxygens (including phenoxy) is 2. The van der Waals surface area contributed by atoms with Crippen LogP contribution in [0.25, 0.3) is 32.8 Å². The molecule has 1 unspecified atom stereocenters. The first-order valence-corrected chi connectivity index (χ1v) is 14.4. The highest BCUT2D eigenvalue weighted by Gasteiger charge is 2.27. The molecule has 1 aliphatic rings. The summed E-state index contributed by atoms with van der Waals surface area (Å²) in [7, 11) is 0. The van der Waals surface area contributed by atoms with E-state index in [4.69, 9.17) is 20.3 Å². The maximum absolute atomic E-state index is 12.2. The molecule has 1 fully saturated rings. The molecule has 6 rings (SSSR count). The summed E-state index contributed by atoms with van der Waals surface area (Å²) in [6, 6.07) is 22.3. The number of rotatable bonds is 10. The number of esters is 1. The quantitative estimate of drug-likeness (QED) is 0.233. The van der Waals surface area contributed by atoms with Crippen LogP contribution in [-0.2, 0) is 22.6 Å². The molecule has 0 amide bonds. The number of carbonyl (C=O) groups is 1. The molecule has 5 aromatic rings. The maximum atomic E-state index is 12.2. The number of benzene rings is 3. The van der Waals surface area contributed by atoms with E-state index in [1.54, 1.807) is 13.1 Å². The lowest BCUT2D eigenvalue weighted by molar-refractivity contribution is -0.142. The van der Waals surface area contributed by atoms with Crippen molar-refractivity contribution < 1.29 is 19.4 Å². The van der Waals surface area contributed by atoms with E-state index in [1.807, 2.05) is 30.3 Å². The number of β-amino-alcohol motifs (C(OH)–C–C–N with tert-alkyl or cyclic N) is 1. The summed E-state index contributed by atoms with van der Waals surface area (Å²) in [6.45, 7) is 4.94. The van der Waals surface area contributed by atoms with Gasteiger partial charge in [0.15, 0.2) is 0 Å². The van der Waals surface area contributed by atoms with Gasteiger partial charge in [0.25, 0.3) is 0 Å². The van der Waals surface area contributed by atoms with E-state index in [0.29, 0.717) is 24.7 Å². The SMILES string of the molecule is CCOC(=O)Cc1ccccc1OCc1nn(C2CCN(CCO)C2)c2ccc(-c3ccc4ccnc(N)c4c3)cc12. The van der Waals surface area contributed by atoms with Crippen LogP contribution < -0.4 is 10.5 Å². The van der Waals surface area contributed by atoms with Gasteiger partial charge in [-0.1, -0.05) is 36.4 Å². The Hall–Kier alpha value is -4.47. The van der Waals surface area contributed by atoms with Gasteiger partial charge in [-0.25, -0.2) is 4.98 Å². The number of hydrogen-bond acceptors (Lipinski definition) is 8. The Morgan fingerprint density at radius 2 is 1.88 bits per heavy atom. The number of aliphatic hydroxyl groups is 1. The van der Waals surface area contributed by atoms with Crippen molar-refractivity contribution in [2.24, 2.45) is 0 Å². The van der Waals surface area contributed by atoms with Gasteiger partial charge >= 0.3 is 5.97 Å². The normalized spacial score (nSPS) is 15.4. The summed E-state index contributed by atoms with van der Waals surface area (Å²) >= 11 is 0. The molecule has 3 heterocycles. The van der Waals surface area contributed by atoms with E-state index in [1.165, 1.54) is 0 Å². The molecular weight excluding hydrogens is 530 g/mol. The summed E-state index contributed by atoms with van der Waals surface area (Å²) in [6.07, 6.45) is 2.82. The number of nitrogens with two attached hydrogens (primary N) is 1. The van der Waals surface area contributed by atoms with Crippen LogP contribution in [0.15, 0.2) is 72.9 Å². The Kier molecular flexibility index (Phi) is 8.03. The second kappa shape index (κ2) is 12.2. The molecule has 1 saturated heterocycles. The highest BCUT2D eigenvalue weighted by atomic mass is 16.5. The number of aromatic nitrogens is 3. The predicted octanol–water partition coefficient (Wildman–Crippen LogP) is 4.76. The lowest BCUT2D eigenvalue weighted by atomic mass is 10.00. The molecule has 0 spiro atoms. The average molecular weight is 566 g/mol. The van der Waals surface area contributed by atoms with E-state index >= 15 is 0 Å². The number of carbonyl (C=O) groups excluding carboxylic acids is 1. The van der Waals surface area contributed by atoms with Crippen molar-refractivity contribution in [2.45, 2.75) is 32.4 Å². The zero-order chi connectivity index (χ0) is 29.1. The smallest absolute Gasteiger partial charge is 0.310 e. The van der Waals surface area contributed by atoms with Gasteiger partial charge in [0.1, 0.15) is 23.9 Å². The van der Waals surface area contributed by atoms with Crippen molar-refractivity contribution in [1.82, 2.24) is 19.7 Å². The monoisotopic (exact) mass is 565 g/mol. The minimum atomic E-state index is -0.284. The van der Waals surface area contributed by atoms with E-state index < -0.39 is 0 Å². The molecule has 9 nitrogen and oxygen atoms in total. The summed E-state index contributed by atoms with van der Waals surface area (Å²) in [5.41, 5.74) is 10.9. The number of aliphatic hydroxyl groups excluding tert-OH is 1. The van der Waals surface area contributed by atoms with Gasteiger partial charge in [-0.3, -0.25) is 14.4 Å². The highest BCUT2D eigenvalue weighted by molar-refractivity contribution is 5.95. The molecule has 1 aliphatic heterocycles. The van der Waals surface area contributed by atoms with Crippen molar-refractivity contribution >= 4 is 33.5 Å². The Bertz CT molecular complexity index is 1730. The molecule has 3 N–H and O–H groups in total. The van der Waals surface area contributed by atoms with Crippen molar-refractivity contribution in [3.63, 3.8) is 0 Å². The molecule has 3 aromatic carbocycles. The fraction of sp³-hybridized carbons (Fsp3) is 0.303. The average Bonchev–Trinajstić information content (AvgIpc) is 3.61. The van der Waals surface area contributed by atoms with Crippen molar-refractivity contribution in [1.29, 1.82) is 0 Å². The topological polar surface area (TPSA) is 116 Å². The lowest BCUT2D eigenvalue weighted by Crippen LogP contribution is -2.25. The van der Waals surface area contributed by atoms with Crippen LogP contribution in [0.3, 0.4) is 0 Å². The standard InChI is InChI=1S/C33H35N5O4/c1-2-41-32(40)19-25-5-3-4-6-31(25)42-21-29-28-18-24(23-8-7-22-11-13-35-33(34)27(22)17-23)9-10-30(28)38(36-29)26-12-14-37(20-26)15-16-39/h3-11,13,17-18,26,39H,2,12,14-16,19-21H2,1H3,(H2,34,35). The number of anilines is 1. The molecule has 9 heteroatoms. The Morgan fingerprint density at radius 3 is 2.71 bits per heavy atom. The molecule has 0 radical (unpaired) electrons. The van der Waals surface area contributed by atoms with E-state index in [2.05, 4.69) is 51.0 Å². The Balaban J connectivity index is 1.36. The molecule has 2 aromatic heterocycles. The summed E-state index contributed by atoms with van der Waals surface area (Å²) < 4.78 is 13.6. The highest BCUT2D eigenvalue weighted by Crippen LogP contribution is 2.33. The fourth-order valence-electron chi connectivity index (χ4n) is 5.80. The number of hydrogen-bond donors (Lipinski definition) is 2. The summed E-state index contributed by atoms with van der Waals surface area (Å²) in [5.74, 6) is 0.859. The van der Waals surface area contributed by atoms with Gasteiger partial charge in [0, 0.05) is 42.2 Å². The first-order chi connectivity index (χ1) is 20.5. The van der Waals surface area contributed by atoms with Gasteiger partial charge in [0.05, 0.1) is 31.2 Å². The van der Waals surface area contributed by atoms with Gasteiger partial charge in [0.2, 0.25) is 0 Å². The van der Waals surface area contributed by atoms with E-state index in [-0.39, 0.29) is 31.6 Å². The van der Waals surface area contributed by atoms with Gasteiger partial charge in [-0.2, -0.15) is 5.10 Å². The summed E-state index contributed by atoms with van der Waals surface area (Å²) in [4.78, 5) is 18.7. The second-order valence-electron chi connectivity index (χ2n) is 10.6. The number of nitrogens with zero attached hydrogens (tertiary/aromatic N) is 4. The van der Waals surface area contributed by atoms with E-state index in [9.17, 15) is 9.90 Å². The van der Waals surface area contributed by atoms with Gasteiger partial charge in [-0.15, -0.1) is 0 Å². The lowest BCUT2D eigenvalue weighted by Gasteiger charge is -2.15. The van der Waals surface area contributed by atoms with Crippen LogP contribution in [0.2, 0.25) is 0 Å². The zero-order valence-electron chi connectivity index (χ0n) is 23.7. The minimum Gasteiger partial charge on any atom is -0.487 e. The molecular formula is C33H35N5O4. The van der Waals surface area contributed by atoms with Gasteiger partial charge < -0.3 is 20.3 Å². The number of para-hydroxylation sites is 1. The van der Waals surface area contributed by atoms with Crippen molar-refractivity contribution in [3.05, 3.63) is 84.2 Å². The Labute approximate surface area is 244 Å². The number of nitrogen functional groups attached to an aromatic ring is 1. The van der Waals surface area contributed by atoms with Crippen molar-refractivity contribution in [2.75, 3.05) is 38.6 Å². The minimum absolute atomic E-state index is 0.145. The van der Waals surface area contributed by atoms with Crippen LogP contribution in [0.4, 0.5) is 5.82 Å². The van der Waals surface area contributed by atoms with Gasteiger partial charge in [-0.05, 0) is 60.2 Å². The van der Waals surface area contributed by atoms with Crippen molar-refractivity contribution in [3.8, 4) is 16.9 Å². The Morgan fingerprint density at radius 1 is 1.07 bits per heavy atom. The largest absolute Gasteiger partial charge is 0.487 e. The summed E-state index contributed by atoms with van der Waals surface area (Å²) in [5, 5.41) is 17.5. The number of likely N-dealkylation sites (tertiary alicyclic amines) is 1. The first kappa shape index (κ1) is 27.7.